The van der Waals surface area contributed by atoms with E-state index in [-0.39, 0.29) is 6.10 Å². The fourth-order valence-corrected chi connectivity index (χ4v) is 2.01. The first kappa shape index (κ1) is 15.4. The van der Waals surface area contributed by atoms with E-state index in [4.69, 9.17) is 9.47 Å². The molecule has 2 unspecified atom stereocenters. The predicted molar refractivity (Wildman–Crippen MR) is 71.3 cm³/mol. The lowest BCUT2D eigenvalue weighted by molar-refractivity contribution is -0.0232. The van der Waals surface area contributed by atoms with Crippen LogP contribution in [0.5, 0.6) is 0 Å². The SMILES string of the molecule is CCCNC(C#N)(COC(C)COCC)C1CC1. The molecule has 0 aliphatic heterocycles. The number of rotatable bonds is 10. The highest BCUT2D eigenvalue weighted by Crippen LogP contribution is 2.39. The van der Waals surface area contributed by atoms with Crippen LogP contribution in [0.3, 0.4) is 0 Å². The molecular formula is C14H26N2O2. The fraction of sp³-hybridized carbons (Fsp3) is 0.929. The lowest BCUT2D eigenvalue weighted by Gasteiger charge is -2.29. The average molecular weight is 254 g/mol. The molecule has 0 bridgehead atoms. The summed E-state index contributed by atoms with van der Waals surface area (Å²) >= 11 is 0. The molecule has 4 heteroatoms. The largest absolute Gasteiger partial charge is 0.379 e. The van der Waals surface area contributed by atoms with Crippen LogP contribution in [-0.4, -0.2) is 38.0 Å². The Hall–Kier alpha value is -0.630. The molecule has 0 aromatic rings. The van der Waals surface area contributed by atoms with Crippen molar-refractivity contribution in [1.82, 2.24) is 5.32 Å². The highest BCUT2D eigenvalue weighted by Gasteiger charge is 2.45. The van der Waals surface area contributed by atoms with Crippen LogP contribution in [0.25, 0.3) is 0 Å². The predicted octanol–water partition coefficient (Wildman–Crippen LogP) is 2.10. The molecule has 0 aromatic heterocycles. The molecule has 1 fully saturated rings. The highest BCUT2D eigenvalue weighted by molar-refractivity contribution is 5.15. The summed E-state index contributed by atoms with van der Waals surface area (Å²) in [5.41, 5.74) is -0.490. The lowest BCUT2D eigenvalue weighted by Crippen LogP contribution is -2.51. The molecule has 1 saturated carbocycles. The molecule has 0 radical (unpaired) electrons. The van der Waals surface area contributed by atoms with Gasteiger partial charge in [-0.2, -0.15) is 5.26 Å². The minimum absolute atomic E-state index is 0.0415. The maximum Gasteiger partial charge on any atom is 0.133 e. The monoisotopic (exact) mass is 254 g/mol. The molecule has 0 aromatic carbocycles. The number of ether oxygens (including phenoxy) is 2. The molecular weight excluding hydrogens is 228 g/mol. The molecule has 1 rings (SSSR count). The molecule has 0 saturated heterocycles. The van der Waals surface area contributed by atoms with Crippen molar-refractivity contribution in [1.29, 1.82) is 5.26 Å². The summed E-state index contributed by atoms with van der Waals surface area (Å²) in [4.78, 5) is 0. The van der Waals surface area contributed by atoms with Crippen molar-refractivity contribution >= 4 is 0 Å². The number of hydrogen-bond donors (Lipinski definition) is 1. The van der Waals surface area contributed by atoms with Gasteiger partial charge in [0.2, 0.25) is 0 Å². The Labute approximate surface area is 111 Å². The third-order valence-electron chi connectivity index (χ3n) is 3.32. The van der Waals surface area contributed by atoms with Gasteiger partial charge < -0.3 is 9.47 Å². The first-order valence-electron chi connectivity index (χ1n) is 7.04. The zero-order valence-corrected chi connectivity index (χ0v) is 11.9. The van der Waals surface area contributed by atoms with Crippen LogP contribution in [0.15, 0.2) is 0 Å². The Morgan fingerprint density at radius 3 is 2.67 bits per heavy atom. The highest BCUT2D eigenvalue weighted by atomic mass is 16.5. The average Bonchev–Trinajstić information content (AvgIpc) is 3.22. The Kier molecular flexibility index (Phi) is 6.62. The van der Waals surface area contributed by atoms with Gasteiger partial charge in [-0.05, 0) is 45.6 Å². The summed E-state index contributed by atoms with van der Waals surface area (Å²) in [6.45, 7) is 8.70. The van der Waals surface area contributed by atoms with E-state index in [0.717, 1.165) is 25.8 Å². The van der Waals surface area contributed by atoms with Crippen LogP contribution in [0.4, 0.5) is 0 Å². The quantitative estimate of drug-likeness (QED) is 0.648. The van der Waals surface area contributed by atoms with Gasteiger partial charge >= 0.3 is 0 Å². The van der Waals surface area contributed by atoms with Crippen LogP contribution in [-0.2, 0) is 9.47 Å². The second kappa shape index (κ2) is 7.73. The molecule has 18 heavy (non-hydrogen) atoms. The van der Waals surface area contributed by atoms with E-state index >= 15 is 0 Å². The summed E-state index contributed by atoms with van der Waals surface area (Å²) in [6.07, 6.45) is 3.34. The van der Waals surface area contributed by atoms with Crippen molar-refractivity contribution in [3.05, 3.63) is 0 Å². The zero-order valence-electron chi connectivity index (χ0n) is 11.9. The Morgan fingerprint density at radius 2 is 2.17 bits per heavy atom. The number of hydrogen-bond acceptors (Lipinski definition) is 4. The van der Waals surface area contributed by atoms with E-state index in [2.05, 4.69) is 18.3 Å². The molecule has 1 N–H and O–H groups in total. The van der Waals surface area contributed by atoms with Crippen LogP contribution in [0.1, 0.15) is 40.0 Å². The van der Waals surface area contributed by atoms with Crippen molar-refractivity contribution in [2.75, 3.05) is 26.4 Å². The van der Waals surface area contributed by atoms with Crippen LogP contribution in [0.2, 0.25) is 0 Å². The van der Waals surface area contributed by atoms with Gasteiger partial charge in [0.25, 0.3) is 0 Å². The summed E-state index contributed by atoms with van der Waals surface area (Å²) in [5, 5.41) is 12.9. The number of nitrogens with zero attached hydrogens (tertiary/aromatic N) is 1. The topological polar surface area (TPSA) is 54.3 Å². The standard InChI is InChI=1S/C14H26N2O2/c1-4-8-16-14(10-15,13-6-7-13)11-18-12(3)9-17-5-2/h12-13,16H,4-9,11H2,1-3H3. The van der Waals surface area contributed by atoms with Gasteiger partial charge in [-0.1, -0.05) is 6.92 Å². The van der Waals surface area contributed by atoms with Crippen LogP contribution < -0.4 is 5.32 Å². The van der Waals surface area contributed by atoms with Gasteiger partial charge in [0.05, 0.1) is 25.4 Å². The fourth-order valence-electron chi connectivity index (χ4n) is 2.01. The van der Waals surface area contributed by atoms with Gasteiger partial charge in [0.15, 0.2) is 0 Å². The normalized spacial score (nSPS) is 20.1. The first-order chi connectivity index (χ1) is 8.68. The van der Waals surface area contributed by atoms with Gasteiger partial charge in [-0.3, -0.25) is 5.32 Å². The molecule has 104 valence electrons. The Morgan fingerprint density at radius 1 is 1.44 bits per heavy atom. The molecule has 1 aliphatic rings. The summed E-state index contributed by atoms with van der Waals surface area (Å²) in [6, 6.07) is 2.45. The maximum absolute atomic E-state index is 9.48. The third kappa shape index (κ3) is 4.56. The smallest absolute Gasteiger partial charge is 0.133 e. The lowest BCUT2D eigenvalue weighted by atomic mass is 9.96. The van der Waals surface area contributed by atoms with E-state index in [1.165, 1.54) is 0 Å². The van der Waals surface area contributed by atoms with Gasteiger partial charge in [0, 0.05) is 6.61 Å². The maximum atomic E-state index is 9.48. The van der Waals surface area contributed by atoms with Crippen molar-refractivity contribution in [2.45, 2.75) is 51.7 Å². The minimum Gasteiger partial charge on any atom is -0.379 e. The summed E-state index contributed by atoms with van der Waals surface area (Å²) in [5.74, 6) is 0.452. The third-order valence-corrected chi connectivity index (χ3v) is 3.32. The molecule has 0 spiro atoms. The molecule has 0 amide bonds. The van der Waals surface area contributed by atoms with Crippen molar-refractivity contribution in [2.24, 2.45) is 5.92 Å². The van der Waals surface area contributed by atoms with Gasteiger partial charge in [-0.15, -0.1) is 0 Å². The van der Waals surface area contributed by atoms with Crippen molar-refractivity contribution in [3.8, 4) is 6.07 Å². The van der Waals surface area contributed by atoms with E-state index < -0.39 is 5.54 Å². The van der Waals surface area contributed by atoms with E-state index in [1.807, 2.05) is 13.8 Å². The second-order valence-corrected chi connectivity index (χ2v) is 5.07. The van der Waals surface area contributed by atoms with Crippen molar-refractivity contribution < 1.29 is 9.47 Å². The molecule has 0 heterocycles. The Bertz CT molecular complexity index is 273. The van der Waals surface area contributed by atoms with Crippen LogP contribution in [0, 0.1) is 17.2 Å². The molecule has 1 aliphatic carbocycles. The summed E-state index contributed by atoms with van der Waals surface area (Å²) < 4.78 is 11.1. The Balaban J connectivity index is 2.43. The van der Waals surface area contributed by atoms with Gasteiger partial charge in [0.1, 0.15) is 5.54 Å². The summed E-state index contributed by atoms with van der Waals surface area (Å²) in [7, 11) is 0. The number of nitrogens with one attached hydrogen (secondary N) is 1. The minimum atomic E-state index is -0.490. The molecule has 2 atom stereocenters. The zero-order chi connectivity index (χ0) is 13.4. The van der Waals surface area contributed by atoms with E-state index in [1.54, 1.807) is 0 Å². The van der Waals surface area contributed by atoms with E-state index in [9.17, 15) is 5.26 Å². The van der Waals surface area contributed by atoms with Gasteiger partial charge in [-0.25, -0.2) is 0 Å². The second-order valence-electron chi connectivity index (χ2n) is 5.07. The molecule has 4 nitrogen and oxygen atoms in total. The van der Waals surface area contributed by atoms with Crippen molar-refractivity contribution in [3.63, 3.8) is 0 Å². The first-order valence-corrected chi connectivity index (χ1v) is 7.04. The number of nitriles is 1. The van der Waals surface area contributed by atoms with Crippen LogP contribution >= 0.6 is 0 Å². The van der Waals surface area contributed by atoms with E-state index in [0.29, 0.717) is 25.7 Å².